The second-order valence-electron chi connectivity index (χ2n) is 7.08. The fourth-order valence-corrected chi connectivity index (χ4v) is 3.80. The van der Waals surface area contributed by atoms with E-state index in [1.807, 2.05) is 30.1 Å². The minimum absolute atomic E-state index is 0.127. The third-order valence-corrected chi connectivity index (χ3v) is 6.60. The summed E-state index contributed by atoms with van der Waals surface area (Å²) < 4.78 is 36.4. The van der Waals surface area contributed by atoms with E-state index in [0.29, 0.717) is 18.0 Å². The van der Waals surface area contributed by atoms with E-state index in [-0.39, 0.29) is 17.6 Å². The lowest BCUT2D eigenvalue weighted by molar-refractivity contribution is -0.120. The number of carbonyl (C=O) groups excluding carboxylic acids is 1. The summed E-state index contributed by atoms with van der Waals surface area (Å²) in [4.78, 5) is 14.7. The Morgan fingerprint density at radius 3 is 2.55 bits per heavy atom. The van der Waals surface area contributed by atoms with Crippen molar-refractivity contribution >= 4 is 21.6 Å². The minimum atomic E-state index is -3.57. The summed E-state index contributed by atoms with van der Waals surface area (Å²) >= 11 is 0. The molecule has 156 valence electrons. The van der Waals surface area contributed by atoms with Crippen LogP contribution in [0.2, 0.25) is 0 Å². The van der Waals surface area contributed by atoms with E-state index in [1.54, 1.807) is 19.1 Å². The SMILES string of the molecule is C[C@@H](C(=O)Nc1cccc(S(=O)(=O)N(C)C)c1)N(C)Cc1ccc2c(c1)OCO2. The number of benzene rings is 2. The molecule has 1 aliphatic rings. The van der Waals surface area contributed by atoms with Gasteiger partial charge in [-0.05, 0) is 49.9 Å². The van der Waals surface area contributed by atoms with Crippen molar-refractivity contribution in [2.45, 2.75) is 24.4 Å². The van der Waals surface area contributed by atoms with Crippen LogP contribution < -0.4 is 14.8 Å². The standard InChI is InChI=1S/C20H25N3O5S/c1-14(23(4)12-15-8-9-18-19(10-15)28-13-27-18)20(24)21-16-6-5-7-17(11-16)29(25,26)22(2)3/h5-11,14H,12-13H2,1-4H3,(H,21,24)/t14-/m0/s1. The molecule has 1 N–H and O–H groups in total. The maximum atomic E-state index is 12.7. The van der Waals surface area contributed by atoms with Crippen molar-refractivity contribution in [3.8, 4) is 11.5 Å². The van der Waals surface area contributed by atoms with Crippen molar-refractivity contribution in [1.29, 1.82) is 0 Å². The van der Waals surface area contributed by atoms with Crippen LogP contribution in [0.3, 0.4) is 0 Å². The second-order valence-corrected chi connectivity index (χ2v) is 9.24. The summed E-state index contributed by atoms with van der Waals surface area (Å²) in [6.07, 6.45) is 0. The molecular weight excluding hydrogens is 394 g/mol. The molecule has 0 fully saturated rings. The first-order chi connectivity index (χ1) is 13.7. The maximum absolute atomic E-state index is 12.7. The summed E-state index contributed by atoms with van der Waals surface area (Å²) in [5.41, 5.74) is 1.43. The third kappa shape index (κ3) is 4.69. The molecular formula is C20H25N3O5S. The molecule has 0 unspecified atom stereocenters. The van der Waals surface area contributed by atoms with Crippen LogP contribution in [-0.2, 0) is 21.4 Å². The zero-order valence-electron chi connectivity index (χ0n) is 16.9. The number of carbonyl (C=O) groups is 1. The quantitative estimate of drug-likeness (QED) is 0.740. The first-order valence-electron chi connectivity index (χ1n) is 9.10. The fourth-order valence-electron chi connectivity index (χ4n) is 2.86. The zero-order valence-corrected chi connectivity index (χ0v) is 17.7. The highest BCUT2D eigenvalue weighted by molar-refractivity contribution is 7.89. The molecule has 8 nitrogen and oxygen atoms in total. The Bertz CT molecular complexity index is 1010. The average molecular weight is 420 g/mol. The number of nitrogens with one attached hydrogen (secondary N) is 1. The van der Waals surface area contributed by atoms with Gasteiger partial charge in [0.1, 0.15) is 0 Å². The highest BCUT2D eigenvalue weighted by Crippen LogP contribution is 2.32. The van der Waals surface area contributed by atoms with E-state index in [4.69, 9.17) is 9.47 Å². The Labute approximate surface area is 171 Å². The van der Waals surface area contributed by atoms with Gasteiger partial charge in [-0.25, -0.2) is 12.7 Å². The second kappa shape index (κ2) is 8.40. The van der Waals surface area contributed by atoms with Gasteiger partial charge in [0, 0.05) is 26.3 Å². The van der Waals surface area contributed by atoms with Gasteiger partial charge in [0.25, 0.3) is 0 Å². The molecule has 1 aliphatic heterocycles. The molecule has 0 saturated heterocycles. The number of likely N-dealkylation sites (N-methyl/N-ethyl adjacent to an activating group) is 1. The smallest absolute Gasteiger partial charge is 0.242 e. The van der Waals surface area contributed by atoms with E-state index in [0.717, 1.165) is 15.6 Å². The number of hydrogen-bond donors (Lipinski definition) is 1. The summed E-state index contributed by atoms with van der Waals surface area (Å²) in [5.74, 6) is 1.19. The first kappa shape index (κ1) is 21.1. The molecule has 29 heavy (non-hydrogen) atoms. The topological polar surface area (TPSA) is 88.2 Å². The summed E-state index contributed by atoms with van der Waals surface area (Å²) in [6.45, 7) is 2.55. The van der Waals surface area contributed by atoms with Crippen LogP contribution in [0.15, 0.2) is 47.4 Å². The Balaban J connectivity index is 1.66. The van der Waals surface area contributed by atoms with Crippen molar-refractivity contribution in [2.24, 2.45) is 0 Å². The van der Waals surface area contributed by atoms with Crippen LogP contribution >= 0.6 is 0 Å². The predicted molar refractivity (Wildman–Crippen MR) is 109 cm³/mol. The molecule has 2 aromatic carbocycles. The van der Waals surface area contributed by atoms with Gasteiger partial charge in [0.2, 0.25) is 22.7 Å². The molecule has 0 bridgehead atoms. The summed E-state index contributed by atoms with van der Waals surface area (Å²) in [7, 11) is 1.21. The molecule has 0 radical (unpaired) electrons. The number of hydrogen-bond acceptors (Lipinski definition) is 6. The van der Waals surface area contributed by atoms with Crippen molar-refractivity contribution in [3.05, 3.63) is 48.0 Å². The van der Waals surface area contributed by atoms with Gasteiger partial charge in [-0.3, -0.25) is 9.69 Å². The van der Waals surface area contributed by atoms with Gasteiger partial charge in [0.05, 0.1) is 10.9 Å². The van der Waals surface area contributed by atoms with Gasteiger partial charge >= 0.3 is 0 Å². The Morgan fingerprint density at radius 1 is 1.10 bits per heavy atom. The molecule has 0 aliphatic carbocycles. The van der Waals surface area contributed by atoms with Gasteiger partial charge < -0.3 is 14.8 Å². The fraction of sp³-hybridized carbons (Fsp3) is 0.350. The number of anilines is 1. The number of amides is 1. The summed E-state index contributed by atoms with van der Waals surface area (Å²) in [5, 5.41) is 2.79. The van der Waals surface area contributed by atoms with E-state index in [1.165, 1.54) is 26.2 Å². The number of ether oxygens (including phenoxy) is 2. The zero-order chi connectivity index (χ0) is 21.2. The van der Waals surface area contributed by atoms with Crippen molar-refractivity contribution in [3.63, 3.8) is 0 Å². The Morgan fingerprint density at radius 2 is 1.83 bits per heavy atom. The molecule has 2 aromatic rings. The molecule has 9 heteroatoms. The minimum Gasteiger partial charge on any atom is -0.454 e. The van der Waals surface area contributed by atoms with E-state index in [9.17, 15) is 13.2 Å². The van der Waals surface area contributed by atoms with Crippen molar-refractivity contribution < 1.29 is 22.7 Å². The van der Waals surface area contributed by atoms with Crippen LogP contribution in [-0.4, -0.2) is 57.5 Å². The highest BCUT2D eigenvalue weighted by atomic mass is 32.2. The molecule has 0 saturated carbocycles. The normalized spacial score (nSPS) is 14.3. The lowest BCUT2D eigenvalue weighted by Gasteiger charge is -2.24. The van der Waals surface area contributed by atoms with Gasteiger partial charge in [-0.15, -0.1) is 0 Å². The lowest BCUT2D eigenvalue weighted by Crippen LogP contribution is -2.39. The van der Waals surface area contributed by atoms with Crippen molar-refractivity contribution in [2.75, 3.05) is 33.3 Å². The van der Waals surface area contributed by atoms with Crippen LogP contribution in [0.1, 0.15) is 12.5 Å². The lowest BCUT2D eigenvalue weighted by atomic mass is 10.1. The Hall–Kier alpha value is -2.62. The van der Waals surface area contributed by atoms with E-state index in [2.05, 4.69) is 5.32 Å². The van der Waals surface area contributed by atoms with Crippen molar-refractivity contribution in [1.82, 2.24) is 9.21 Å². The highest BCUT2D eigenvalue weighted by Gasteiger charge is 2.21. The van der Waals surface area contributed by atoms with Gasteiger partial charge in [-0.1, -0.05) is 12.1 Å². The van der Waals surface area contributed by atoms with Crippen LogP contribution in [0.4, 0.5) is 5.69 Å². The predicted octanol–water partition coefficient (Wildman–Crippen LogP) is 2.12. The molecule has 1 heterocycles. The number of rotatable bonds is 7. The molecule has 0 spiro atoms. The van der Waals surface area contributed by atoms with Crippen LogP contribution in [0, 0.1) is 0 Å². The van der Waals surface area contributed by atoms with Gasteiger partial charge in [-0.2, -0.15) is 0 Å². The molecule has 1 atom stereocenters. The van der Waals surface area contributed by atoms with Gasteiger partial charge in [0.15, 0.2) is 11.5 Å². The number of fused-ring (bicyclic) bond motifs is 1. The number of sulfonamides is 1. The van der Waals surface area contributed by atoms with E-state index >= 15 is 0 Å². The molecule has 1 amide bonds. The molecule has 3 rings (SSSR count). The maximum Gasteiger partial charge on any atom is 0.242 e. The Kier molecular flexibility index (Phi) is 6.11. The van der Waals surface area contributed by atoms with Crippen LogP contribution in [0.25, 0.3) is 0 Å². The summed E-state index contributed by atoms with van der Waals surface area (Å²) in [6, 6.07) is 11.5. The van der Waals surface area contributed by atoms with E-state index < -0.39 is 16.1 Å². The monoisotopic (exact) mass is 419 g/mol. The first-order valence-corrected chi connectivity index (χ1v) is 10.5. The number of nitrogens with zero attached hydrogens (tertiary/aromatic N) is 2. The average Bonchev–Trinajstić information content (AvgIpc) is 3.15. The third-order valence-electron chi connectivity index (χ3n) is 4.79. The molecule has 0 aromatic heterocycles. The largest absolute Gasteiger partial charge is 0.454 e. The van der Waals surface area contributed by atoms with Crippen LogP contribution in [0.5, 0.6) is 11.5 Å².